The van der Waals surface area contributed by atoms with Crippen molar-refractivity contribution in [2.45, 2.75) is 13.0 Å². The fraction of sp³-hybridized carbons (Fsp3) is 0.182. The lowest BCUT2D eigenvalue weighted by Gasteiger charge is -2.10. The molecule has 0 fully saturated rings. The first-order chi connectivity index (χ1) is 7.72. The van der Waals surface area contributed by atoms with Gasteiger partial charge < -0.3 is 9.84 Å². The summed E-state index contributed by atoms with van der Waals surface area (Å²) < 4.78 is 4.82. The zero-order chi connectivity index (χ0) is 11.5. The highest BCUT2D eigenvalue weighted by Gasteiger charge is 2.08. The van der Waals surface area contributed by atoms with Gasteiger partial charge in [0.15, 0.2) is 0 Å². The molecule has 0 aliphatic heterocycles. The molecular weight excluding hydrogens is 208 g/mol. The van der Waals surface area contributed by atoms with Crippen molar-refractivity contribution in [1.29, 1.82) is 0 Å². The maximum Gasteiger partial charge on any atom is 0.293 e. The third-order valence-corrected chi connectivity index (χ3v) is 2.37. The van der Waals surface area contributed by atoms with Crippen LogP contribution in [0.5, 0.6) is 5.88 Å². The normalized spacial score (nSPS) is 12.3. The molecule has 0 amide bonds. The van der Waals surface area contributed by atoms with E-state index in [-0.39, 0.29) is 12.0 Å². The smallest absolute Gasteiger partial charge is 0.293 e. The molecule has 0 saturated heterocycles. The summed E-state index contributed by atoms with van der Waals surface area (Å²) in [6, 6.07) is 5.22. The van der Waals surface area contributed by atoms with E-state index < -0.39 is 0 Å². The first-order valence-electron chi connectivity index (χ1n) is 4.75. The number of ether oxygens (including phenoxy) is 1. The van der Waals surface area contributed by atoms with Gasteiger partial charge >= 0.3 is 0 Å². The van der Waals surface area contributed by atoms with Crippen LogP contribution < -0.4 is 0 Å². The van der Waals surface area contributed by atoms with Crippen molar-refractivity contribution < 1.29 is 14.6 Å². The number of carbonyl (C=O) groups is 1. The molecule has 1 unspecified atom stereocenters. The van der Waals surface area contributed by atoms with Gasteiger partial charge in [-0.2, -0.15) is 0 Å². The van der Waals surface area contributed by atoms with Crippen LogP contribution in [0.1, 0.15) is 18.6 Å². The van der Waals surface area contributed by atoms with E-state index in [1.807, 2.05) is 0 Å². The lowest BCUT2D eigenvalue weighted by molar-refractivity contribution is -0.133. The van der Waals surface area contributed by atoms with E-state index in [0.717, 1.165) is 5.56 Å². The average Bonchev–Trinajstić information content (AvgIpc) is 2.29. The fourth-order valence-electron chi connectivity index (χ4n) is 1.47. The maximum absolute atomic E-state index is 10.2. The maximum atomic E-state index is 10.2. The van der Waals surface area contributed by atoms with Gasteiger partial charge in [0, 0.05) is 0 Å². The van der Waals surface area contributed by atoms with Crippen LogP contribution in [0.3, 0.4) is 0 Å². The Morgan fingerprint density at radius 3 is 3.00 bits per heavy atom. The number of hydrogen-bond donors (Lipinski definition) is 1. The first kappa shape index (κ1) is 10.4. The summed E-state index contributed by atoms with van der Waals surface area (Å²) in [5.74, 6) is -0.0551. The van der Waals surface area contributed by atoms with Crippen LogP contribution >= 0.6 is 0 Å². The van der Waals surface area contributed by atoms with Crippen molar-refractivity contribution in [3.8, 4) is 5.88 Å². The Morgan fingerprint density at radius 2 is 2.25 bits per heavy atom. The number of fused-ring (bicyclic) bond motifs is 1. The molecule has 1 atom stereocenters. The molecule has 1 aromatic heterocycles. The van der Waals surface area contributed by atoms with Crippen molar-refractivity contribution in [1.82, 2.24) is 9.97 Å². The van der Waals surface area contributed by atoms with E-state index in [9.17, 15) is 9.90 Å². The Morgan fingerprint density at radius 1 is 1.44 bits per heavy atom. The predicted octanol–water partition coefficient (Wildman–Crippen LogP) is 1.57. The van der Waals surface area contributed by atoms with Crippen LogP contribution in [-0.2, 0) is 9.53 Å². The zero-order valence-electron chi connectivity index (χ0n) is 8.62. The van der Waals surface area contributed by atoms with Gasteiger partial charge in [-0.3, -0.25) is 4.79 Å². The van der Waals surface area contributed by atoms with E-state index in [0.29, 0.717) is 17.4 Å². The molecule has 0 spiro atoms. The molecule has 0 bridgehead atoms. The highest BCUT2D eigenvalue weighted by molar-refractivity contribution is 5.83. The molecule has 5 nitrogen and oxygen atoms in total. The number of aromatic hydroxyl groups is 1. The second-order valence-electron chi connectivity index (χ2n) is 3.35. The minimum absolute atomic E-state index is 0.0551. The highest BCUT2D eigenvalue weighted by Crippen LogP contribution is 2.24. The van der Waals surface area contributed by atoms with E-state index in [1.165, 1.54) is 6.33 Å². The lowest BCUT2D eigenvalue weighted by atomic mass is 10.1. The lowest BCUT2D eigenvalue weighted by Crippen LogP contribution is -1.98. The molecule has 1 aromatic carbocycles. The van der Waals surface area contributed by atoms with Crippen molar-refractivity contribution in [3.05, 3.63) is 30.1 Å². The van der Waals surface area contributed by atoms with Crippen LogP contribution in [0.4, 0.5) is 0 Å². The quantitative estimate of drug-likeness (QED) is 0.791. The summed E-state index contributed by atoms with van der Waals surface area (Å²) in [6.07, 6.45) is 0.950. The molecule has 0 aliphatic rings. The summed E-state index contributed by atoms with van der Waals surface area (Å²) in [6.45, 7) is 2.17. The van der Waals surface area contributed by atoms with Crippen LogP contribution in [0, 0.1) is 0 Å². The summed E-state index contributed by atoms with van der Waals surface area (Å²) in [5.41, 5.74) is 1.43. The summed E-state index contributed by atoms with van der Waals surface area (Å²) in [7, 11) is 0. The second-order valence-corrected chi connectivity index (χ2v) is 3.35. The number of hydrogen-bond acceptors (Lipinski definition) is 5. The number of rotatable bonds is 3. The van der Waals surface area contributed by atoms with Crippen LogP contribution in [0.2, 0.25) is 0 Å². The minimum atomic E-state index is -0.334. The number of aromatic nitrogens is 2. The number of benzene rings is 1. The second kappa shape index (κ2) is 4.14. The fourth-order valence-corrected chi connectivity index (χ4v) is 1.47. The topological polar surface area (TPSA) is 72.3 Å². The molecule has 0 radical (unpaired) electrons. The monoisotopic (exact) mass is 218 g/mol. The Hall–Kier alpha value is -2.17. The van der Waals surface area contributed by atoms with Crippen LogP contribution in [-0.4, -0.2) is 21.5 Å². The van der Waals surface area contributed by atoms with E-state index in [1.54, 1.807) is 25.1 Å². The van der Waals surface area contributed by atoms with Gasteiger partial charge in [0.2, 0.25) is 5.88 Å². The average molecular weight is 218 g/mol. The van der Waals surface area contributed by atoms with Crippen molar-refractivity contribution >= 4 is 17.4 Å². The van der Waals surface area contributed by atoms with E-state index in [2.05, 4.69) is 9.97 Å². The minimum Gasteiger partial charge on any atom is -0.493 e. The number of carbonyl (C=O) groups excluding carboxylic acids is 1. The largest absolute Gasteiger partial charge is 0.493 e. The van der Waals surface area contributed by atoms with Crippen LogP contribution in [0.15, 0.2) is 24.5 Å². The molecule has 2 rings (SSSR count). The first-order valence-corrected chi connectivity index (χ1v) is 4.75. The Labute approximate surface area is 91.7 Å². The van der Waals surface area contributed by atoms with Gasteiger partial charge in [0.05, 0.1) is 10.9 Å². The number of nitrogens with zero attached hydrogens (tertiary/aromatic N) is 2. The summed E-state index contributed by atoms with van der Waals surface area (Å²) in [4.78, 5) is 17.9. The predicted molar refractivity (Wildman–Crippen MR) is 56.8 cm³/mol. The SMILES string of the molecule is CC(OC=O)c1ccc2c(O)ncnc2c1. The van der Waals surface area contributed by atoms with Gasteiger partial charge in [0.25, 0.3) is 6.47 Å². The van der Waals surface area contributed by atoms with E-state index >= 15 is 0 Å². The molecule has 16 heavy (non-hydrogen) atoms. The third-order valence-electron chi connectivity index (χ3n) is 2.37. The van der Waals surface area contributed by atoms with Gasteiger partial charge in [0.1, 0.15) is 12.4 Å². The van der Waals surface area contributed by atoms with E-state index in [4.69, 9.17) is 4.74 Å². The molecule has 0 saturated carbocycles. The Kier molecular flexibility index (Phi) is 2.68. The molecule has 5 heteroatoms. The molecule has 82 valence electrons. The standard InChI is InChI=1S/C11H10N2O3/c1-7(16-6-14)8-2-3-9-10(4-8)12-5-13-11(9)15/h2-7H,1H3,(H,12,13,15). The van der Waals surface area contributed by atoms with Crippen molar-refractivity contribution in [2.24, 2.45) is 0 Å². The Balaban J connectivity index is 2.48. The Bertz CT molecular complexity index is 528. The van der Waals surface area contributed by atoms with Gasteiger partial charge in [-0.25, -0.2) is 9.97 Å². The van der Waals surface area contributed by atoms with Crippen molar-refractivity contribution in [2.75, 3.05) is 0 Å². The molecule has 2 aromatic rings. The van der Waals surface area contributed by atoms with Gasteiger partial charge in [-0.1, -0.05) is 6.07 Å². The van der Waals surface area contributed by atoms with Gasteiger partial charge in [-0.15, -0.1) is 0 Å². The summed E-state index contributed by atoms with van der Waals surface area (Å²) >= 11 is 0. The molecule has 1 N–H and O–H groups in total. The zero-order valence-corrected chi connectivity index (χ0v) is 8.62. The summed E-state index contributed by atoms with van der Waals surface area (Å²) in [5, 5.41) is 10.0. The highest BCUT2D eigenvalue weighted by atomic mass is 16.5. The van der Waals surface area contributed by atoms with Gasteiger partial charge in [-0.05, 0) is 24.6 Å². The third kappa shape index (κ3) is 1.79. The molecular formula is C11H10N2O3. The molecule has 1 heterocycles. The molecule has 0 aliphatic carbocycles. The van der Waals surface area contributed by atoms with Crippen molar-refractivity contribution in [3.63, 3.8) is 0 Å². The van der Waals surface area contributed by atoms with Crippen LogP contribution in [0.25, 0.3) is 10.9 Å².